The minimum Gasteiger partial charge on any atom is -0.345 e. The minimum absolute atomic E-state index is 0.0186. The van der Waals surface area contributed by atoms with E-state index in [1.807, 2.05) is 0 Å². The average Bonchev–Trinajstić information content (AvgIpc) is 3.02. The number of fused-ring (bicyclic) bond motifs is 1. The lowest BCUT2D eigenvalue weighted by Crippen LogP contribution is -2.24. The molecule has 1 amide bonds. The van der Waals surface area contributed by atoms with Crippen molar-refractivity contribution in [1.82, 2.24) is 19.9 Å². The van der Waals surface area contributed by atoms with Crippen LogP contribution < -0.4 is 5.32 Å². The highest BCUT2D eigenvalue weighted by molar-refractivity contribution is 6.33. The number of hydrogen-bond acceptors (Lipinski definition) is 5. The van der Waals surface area contributed by atoms with E-state index in [-0.39, 0.29) is 34.3 Å². The van der Waals surface area contributed by atoms with Crippen molar-refractivity contribution in [2.45, 2.75) is 19.6 Å². The molecule has 2 heterocycles. The van der Waals surface area contributed by atoms with E-state index in [1.165, 1.54) is 25.1 Å². The molecule has 0 bridgehead atoms. The van der Waals surface area contributed by atoms with Crippen LogP contribution in [0.4, 0.5) is 18.9 Å². The number of benzene rings is 1. The lowest BCUT2D eigenvalue weighted by atomic mass is 10.1. The van der Waals surface area contributed by atoms with E-state index in [9.17, 15) is 28.1 Å². The molecule has 0 atom stereocenters. The van der Waals surface area contributed by atoms with Crippen LogP contribution >= 0.6 is 11.6 Å². The molecule has 3 aromatic rings. The van der Waals surface area contributed by atoms with Crippen LogP contribution in [0.2, 0.25) is 5.02 Å². The molecule has 0 spiro atoms. The largest absolute Gasteiger partial charge is 0.417 e. The smallest absolute Gasteiger partial charge is 0.345 e. The topological polar surface area (TPSA) is 102 Å². The van der Waals surface area contributed by atoms with Gasteiger partial charge in [-0.2, -0.15) is 13.2 Å². The Morgan fingerprint density at radius 1 is 1.32 bits per heavy atom. The van der Waals surface area contributed by atoms with E-state index >= 15 is 0 Å². The highest BCUT2D eigenvalue weighted by Gasteiger charge is 2.32. The second kappa shape index (κ2) is 7.08. The Hall–Kier alpha value is -3.21. The van der Waals surface area contributed by atoms with E-state index in [1.54, 1.807) is 0 Å². The summed E-state index contributed by atoms with van der Waals surface area (Å²) < 4.78 is 39.9. The number of nitro groups is 1. The van der Waals surface area contributed by atoms with E-state index < -0.39 is 22.6 Å². The van der Waals surface area contributed by atoms with Crippen LogP contribution in [0.3, 0.4) is 0 Å². The second-order valence-corrected chi connectivity index (χ2v) is 6.23. The summed E-state index contributed by atoms with van der Waals surface area (Å²) in [5.74, 6) is -0.539. The Bertz CT molecular complexity index is 1100. The third-order valence-corrected chi connectivity index (χ3v) is 4.20. The van der Waals surface area contributed by atoms with Gasteiger partial charge in [-0.3, -0.25) is 19.3 Å². The third-order valence-electron chi connectivity index (χ3n) is 3.92. The minimum atomic E-state index is -4.61. The van der Waals surface area contributed by atoms with Crippen molar-refractivity contribution in [3.63, 3.8) is 0 Å². The zero-order valence-electron chi connectivity index (χ0n) is 14.1. The number of aryl methyl sites for hydroxylation is 1. The predicted octanol–water partition coefficient (Wildman–Crippen LogP) is 3.55. The zero-order chi connectivity index (χ0) is 20.6. The first kappa shape index (κ1) is 19.5. The molecule has 0 aliphatic carbocycles. The number of nitro benzene ring substituents is 1. The summed E-state index contributed by atoms with van der Waals surface area (Å²) in [6.45, 7) is 1.26. The summed E-state index contributed by atoms with van der Waals surface area (Å²) in [5, 5.41) is 20.6. The molecule has 0 fully saturated rings. The number of hydrogen-bond donors (Lipinski definition) is 1. The fourth-order valence-electron chi connectivity index (χ4n) is 2.54. The van der Waals surface area contributed by atoms with Crippen molar-refractivity contribution in [2.75, 3.05) is 0 Å². The summed E-state index contributed by atoms with van der Waals surface area (Å²) in [5.41, 5.74) is -0.638. The summed E-state index contributed by atoms with van der Waals surface area (Å²) in [6.07, 6.45) is -3.82. The number of amides is 1. The number of carbonyl (C=O) groups excluding carboxylic acids is 1. The molecule has 0 radical (unpaired) electrons. The first-order valence-electron chi connectivity index (χ1n) is 7.71. The van der Waals surface area contributed by atoms with Crippen molar-refractivity contribution in [3.8, 4) is 0 Å². The molecule has 0 aliphatic heterocycles. The molecule has 146 valence electrons. The van der Waals surface area contributed by atoms with Gasteiger partial charge in [-0.1, -0.05) is 11.6 Å². The quantitative estimate of drug-likeness (QED) is 0.520. The van der Waals surface area contributed by atoms with Gasteiger partial charge < -0.3 is 5.32 Å². The molecule has 0 unspecified atom stereocenters. The molecule has 8 nitrogen and oxygen atoms in total. The van der Waals surface area contributed by atoms with E-state index in [0.29, 0.717) is 5.56 Å². The summed E-state index contributed by atoms with van der Waals surface area (Å²) in [7, 11) is 0. The molecule has 12 heteroatoms. The van der Waals surface area contributed by atoms with Crippen molar-refractivity contribution in [1.29, 1.82) is 0 Å². The SMILES string of the molecule is Cc1cc(C(=O)NCc2nnc3c(Cl)cc(C(F)(F)F)cn23)ccc1[N+](=O)[O-]. The monoisotopic (exact) mass is 413 g/mol. The molecule has 0 saturated heterocycles. The third kappa shape index (κ3) is 3.74. The molecule has 1 aromatic carbocycles. The van der Waals surface area contributed by atoms with Gasteiger partial charge in [-0.05, 0) is 25.1 Å². The number of alkyl halides is 3. The van der Waals surface area contributed by atoms with Crippen molar-refractivity contribution in [3.05, 3.63) is 68.1 Å². The summed E-state index contributed by atoms with van der Waals surface area (Å²) in [4.78, 5) is 22.5. The van der Waals surface area contributed by atoms with Gasteiger partial charge in [0.2, 0.25) is 0 Å². The van der Waals surface area contributed by atoms with Crippen LogP contribution in [0, 0.1) is 17.0 Å². The zero-order valence-corrected chi connectivity index (χ0v) is 14.9. The van der Waals surface area contributed by atoms with Gasteiger partial charge >= 0.3 is 6.18 Å². The Balaban J connectivity index is 1.84. The van der Waals surface area contributed by atoms with Gasteiger partial charge in [0.05, 0.1) is 22.1 Å². The van der Waals surface area contributed by atoms with Crippen LogP contribution in [0.15, 0.2) is 30.5 Å². The molecule has 3 rings (SSSR count). The number of rotatable bonds is 4. The number of nitrogens with one attached hydrogen (secondary N) is 1. The second-order valence-electron chi connectivity index (χ2n) is 5.83. The Kier molecular flexibility index (Phi) is 4.94. The number of pyridine rings is 1. The van der Waals surface area contributed by atoms with Gasteiger partial charge in [0.1, 0.15) is 0 Å². The standard InChI is InChI=1S/C16H11ClF3N5O3/c1-8-4-9(2-3-12(8)25(27)28)15(26)21-6-13-22-23-14-11(17)5-10(7-24(13)14)16(18,19)20/h2-5,7H,6H2,1H3,(H,21,26). The first-order valence-corrected chi connectivity index (χ1v) is 8.09. The molecular weight excluding hydrogens is 403 g/mol. The highest BCUT2D eigenvalue weighted by Crippen LogP contribution is 2.32. The molecule has 0 saturated carbocycles. The van der Waals surface area contributed by atoms with Crippen LogP contribution in [-0.4, -0.2) is 25.4 Å². The van der Waals surface area contributed by atoms with E-state index in [4.69, 9.17) is 11.6 Å². The van der Waals surface area contributed by atoms with Crippen molar-refractivity contribution in [2.24, 2.45) is 0 Å². The Morgan fingerprint density at radius 3 is 2.64 bits per heavy atom. The van der Waals surface area contributed by atoms with Crippen LogP contribution in [0.1, 0.15) is 27.3 Å². The van der Waals surface area contributed by atoms with E-state index in [0.717, 1.165) is 16.7 Å². The maximum Gasteiger partial charge on any atom is 0.417 e. The fourth-order valence-corrected chi connectivity index (χ4v) is 2.78. The molecule has 28 heavy (non-hydrogen) atoms. The maximum absolute atomic E-state index is 13.0. The van der Waals surface area contributed by atoms with Crippen molar-refractivity contribution < 1.29 is 22.9 Å². The molecular formula is C16H11ClF3N5O3. The highest BCUT2D eigenvalue weighted by atomic mass is 35.5. The van der Waals surface area contributed by atoms with Gasteiger partial charge in [0.25, 0.3) is 11.6 Å². The lowest BCUT2D eigenvalue weighted by molar-refractivity contribution is -0.385. The number of halogens is 4. The summed E-state index contributed by atoms with van der Waals surface area (Å²) >= 11 is 5.83. The predicted molar refractivity (Wildman–Crippen MR) is 92.0 cm³/mol. The number of aromatic nitrogens is 3. The normalized spacial score (nSPS) is 11.6. The molecule has 2 aromatic heterocycles. The Morgan fingerprint density at radius 2 is 2.04 bits per heavy atom. The number of nitrogens with zero attached hydrogens (tertiary/aromatic N) is 4. The Labute approximate surface area is 160 Å². The van der Waals surface area contributed by atoms with Crippen molar-refractivity contribution >= 4 is 28.8 Å². The fraction of sp³-hybridized carbons (Fsp3) is 0.188. The van der Waals surface area contributed by atoms with Crippen LogP contribution in [0.5, 0.6) is 0 Å². The van der Waals surface area contributed by atoms with E-state index in [2.05, 4.69) is 15.5 Å². The van der Waals surface area contributed by atoms with Crippen LogP contribution in [-0.2, 0) is 12.7 Å². The summed E-state index contributed by atoms with van der Waals surface area (Å²) in [6, 6.07) is 4.56. The first-order chi connectivity index (χ1) is 13.1. The lowest BCUT2D eigenvalue weighted by Gasteiger charge is -2.09. The van der Waals surface area contributed by atoms with Gasteiger partial charge in [-0.25, -0.2) is 0 Å². The van der Waals surface area contributed by atoms with Gasteiger partial charge in [0, 0.05) is 23.4 Å². The molecule has 0 aliphatic rings. The molecule has 1 N–H and O–H groups in total. The van der Waals surface area contributed by atoms with Gasteiger partial charge in [-0.15, -0.1) is 10.2 Å². The van der Waals surface area contributed by atoms with Crippen LogP contribution in [0.25, 0.3) is 5.65 Å². The van der Waals surface area contributed by atoms with Gasteiger partial charge in [0.15, 0.2) is 11.5 Å². The average molecular weight is 414 g/mol. The maximum atomic E-state index is 13.0. The number of carbonyl (C=O) groups is 1.